The van der Waals surface area contributed by atoms with E-state index in [0.717, 1.165) is 22.8 Å². The number of rotatable bonds is 7. The van der Waals surface area contributed by atoms with E-state index in [0.29, 0.717) is 11.4 Å². The van der Waals surface area contributed by atoms with E-state index in [1.807, 2.05) is 12.1 Å². The van der Waals surface area contributed by atoms with Crippen LogP contribution >= 0.6 is 11.8 Å². The summed E-state index contributed by atoms with van der Waals surface area (Å²) in [5.74, 6) is -3.36. The van der Waals surface area contributed by atoms with Crippen LogP contribution in [0.1, 0.15) is 12.8 Å². The molecule has 1 aliphatic carbocycles. The SMILES string of the molecule is FC(F)(F)C(F)(F)COc1ccc(-c2ncccc2SCC2CC2)nc1. The molecule has 1 saturated carbocycles. The van der Waals surface area contributed by atoms with E-state index in [1.54, 1.807) is 18.0 Å². The normalized spacial score (nSPS) is 15.1. The van der Waals surface area contributed by atoms with Crippen molar-refractivity contribution in [3.05, 3.63) is 36.7 Å². The second-order valence-electron chi connectivity index (χ2n) is 5.97. The number of thioether (sulfide) groups is 1. The first-order valence-corrected chi connectivity index (χ1v) is 8.86. The average Bonchev–Trinajstić information content (AvgIpc) is 3.42. The molecule has 26 heavy (non-hydrogen) atoms. The van der Waals surface area contributed by atoms with Crippen LogP contribution in [0.3, 0.4) is 0 Å². The molecule has 0 unspecified atom stereocenters. The molecule has 3 nitrogen and oxygen atoms in total. The van der Waals surface area contributed by atoms with E-state index in [9.17, 15) is 22.0 Å². The monoisotopic (exact) mass is 390 g/mol. The Morgan fingerprint density at radius 1 is 1.08 bits per heavy atom. The van der Waals surface area contributed by atoms with Gasteiger partial charge in [-0.2, -0.15) is 22.0 Å². The van der Waals surface area contributed by atoms with Gasteiger partial charge >= 0.3 is 12.1 Å². The summed E-state index contributed by atoms with van der Waals surface area (Å²) in [6.45, 7) is -1.79. The Labute approximate surface area is 151 Å². The lowest BCUT2D eigenvalue weighted by atomic mass is 10.2. The molecule has 2 heterocycles. The minimum atomic E-state index is -5.65. The smallest absolute Gasteiger partial charge is 0.456 e. The van der Waals surface area contributed by atoms with Gasteiger partial charge in [0.25, 0.3) is 0 Å². The summed E-state index contributed by atoms with van der Waals surface area (Å²) < 4.78 is 66.7. The van der Waals surface area contributed by atoms with E-state index in [-0.39, 0.29) is 5.75 Å². The zero-order valence-electron chi connectivity index (χ0n) is 13.5. The third kappa shape index (κ3) is 4.63. The van der Waals surface area contributed by atoms with Gasteiger partial charge in [0.15, 0.2) is 6.61 Å². The van der Waals surface area contributed by atoms with Gasteiger partial charge in [0, 0.05) is 16.8 Å². The van der Waals surface area contributed by atoms with Crippen molar-refractivity contribution in [2.75, 3.05) is 12.4 Å². The van der Waals surface area contributed by atoms with Gasteiger partial charge in [-0.1, -0.05) is 0 Å². The van der Waals surface area contributed by atoms with Crippen LogP contribution in [0.15, 0.2) is 41.6 Å². The van der Waals surface area contributed by atoms with Crippen LogP contribution in [0.5, 0.6) is 5.75 Å². The first-order chi connectivity index (χ1) is 12.3. The van der Waals surface area contributed by atoms with Crippen LogP contribution < -0.4 is 4.74 Å². The predicted molar refractivity (Wildman–Crippen MR) is 87.4 cm³/mol. The Bertz CT molecular complexity index is 748. The Kier molecular flexibility index (Phi) is 5.36. The first-order valence-electron chi connectivity index (χ1n) is 7.88. The van der Waals surface area contributed by atoms with Gasteiger partial charge in [0.2, 0.25) is 0 Å². The summed E-state index contributed by atoms with van der Waals surface area (Å²) in [7, 11) is 0. The fourth-order valence-corrected chi connectivity index (χ4v) is 3.27. The summed E-state index contributed by atoms with van der Waals surface area (Å²) in [4.78, 5) is 9.34. The summed E-state index contributed by atoms with van der Waals surface area (Å²) in [6.07, 6.45) is -0.453. The van der Waals surface area contributed by atoms with Crippen LogP contribution in [-0.2, 0) is 0 Å². The Morgan fingerprint density at radius 3 is 2.46 bits per heavy atom. The molecule has 0 N–H and O–H groups in total. The van der Waals surface area contributed by atoms with Gasteiger partial charge in [-0.05, 0) is 43.0 Å². The molecule has 0 radical (unpaired) electrons. The minimum Gasteiger partial charge on any atom is -0.485 e. The zero-order chi connectivity index (χ0) is 18.8. The van der Waals surface area contributed by atoms with E-state index >= 15 is 0 Å². The lowest BCUT2D eigenvalue weighted by Gasteiger charge is -2.19. The summed E-state index contributed by atoms with van der Waals surface area (Å²) in [5, 5.41) is 0. The second-order valence-corrected chi connectivity index (χ2v) is 7.04. The molecule has 0 amide bonds. The Morgan fingerprint density at radius 2 is 1.85 bits per heavy atom. The van der Waals surface area contributed by atoms with Crippen LogP contribution in [-0.4, -0.2) is 34.4 Å². The molecular weight excluding hydrogens is 375 g/mol. The van der Waals surface area contributed by atoms with Gasteiger partial charge in [-0.25, -0.2) is 0 Å². The number of hydrogen-bond acceptors (Lipinski definition) is 4. The number of aromatic nitrogens is 2. The Balaban J connectivity index is 1.68. The molecule has 0 aromatic carbocycles. The highest BCUT2D eigenvalue weighted by molar-refractivity contribution is 7.99. The standard InChI is InChI=1S/C17H15F5N2OS/c18-16(19,17(20,21)22)10-25-12-5-6-13(24-8-12)15-14(2-1-7-23-15)26-9-11-3-4-11/h1-2,5-8,11H,3-4,9-10H2. The van der Waals surface area contributed by atoms with Gasteiger partial charge < -0.3 is 4.74 Å². The average molecular weight is 390 g/mol. The van der Waals surface area contributed by atoms with E-state index in [1.165, 1.54) is 25.0 Å². The third-order valence-electron chi connectivity index (χ3n) is 3.76. The first kappa shape index (κ1) is 18.9. The van der Waals surface area contributed by atoms with Crippen molar-refractivity contribution in [1.82, 2.24) is 9.97 Å². The number of pyridine rings is 2. The fraction of sp³-hybridized carbons (Fsp3) is 0.412. The highest BCUT2D eigenvalue weighted by Crippen LogP contribution is 2.38. The van der Waals surface area contributed by atoms with Crippen molar-refractivity contribution in [3.8, 4) is 17.1 Å². The Hall–Kier alpha value is -1.90. The van der Waals surface area contributed by atoms with E-state index < -0.39 is 18.7 Å². The molecule has 0 bridgehead atoms. The van der Waals surface area contributed by atoms with Crippen molar-refractivity contribution in [3.63, 3.8) is 0 Å². The van der Waals surface area contributed by atoms with Crippen LogP contribution in [0.2, 0.25) is 0 Å². The number of halogens is 5. The van der Waals surface area contributed by atoms with Crippen molar-refractivity contribution in [1.29, 1.82) is 0 Å². The highest BCUT2D eigenvalue weighted by atomic mass is 32.2. The molecule has 9 heteroatoms. The predicted octanol–water partition coefficient (Wildman–Crippen LogP) is 5.22. The number of ether oxygens (including phenoxy) is 1. The lowest BCUT2D eigenvalue weighted by Crippen LogP contribution is -2.41. The summed E-state index contributed by atoms with van der Waals surface area (Å²) in [5.41, 5.74) is 1.14. The molecule has 0 atom stereocenters. The van der Waals surface area contributed by atoms with Crippen LogP contribution in [0.4, 0.5) is 22.0 Å². The topological polar surface area (TPSA) is 35.0 Å². The van der Waals surface area contributed by atoms with Gasteiger partial charge in [-0.3, -0.25) is 9.97 Å². The molecular formula is C17H15F5N2OS. The zero-order valence-corrected chi connectivity index (χ0v) is 14.3. The van der Waals surface area contributed by atoms with Crippen LogP contribution in [0, 0.1) is 5.92 Å². The fourth-order valence-electron chi connectivity index (χ4n) is 2.05. The molecule has 2 aromatic heterocycles. The second kappa shape index (κ2) is 7.38. The van der Waals surface area contributed by atoms with Crippen molar-refractivity contribution in [2.45, 2.75) is 29.8 Å². The molecule has 1 fully saturated rings. The van der Waals surface area contributed by atoms with Gasteiger partial charge in [0.1, 0.15) is 11.4 Å². The number of nitrogens with zero attached hydrogens (tertiary/aromatic N) is 2. The number of alkyl halides is 5. The quantitative estimate of drug-likeness (QED) is 0.480. The van der Waals surface area contributed by atoms with Crippen LogP contribution in [0.25, 0.3) is 11.4 Å². The van der Waals surface area contributed by atoms with Gasteiger partial charge in [0.05, 0.1) is 11.9 Å². The van der Waals surface area contributed by atoms with E-state index in [2.05, 4.69) is 14.7 Å². The molecule has 3 rings (SSSR count). The largest absolute Gasteiger partial charge is 0.485 e. The lowest BCUT2D eigenvalue weighted by molar-refractivity contribution is -0.290. The number of hydrogen-bond donors (Lipinski definition) is 0. The molecule has 0 saturated heterocycles. The maximum Gasteiger partial charge on any atom is 0.456 e. The van der Waals surface area contributed by atoms with Crippen molar-refractivity contribution in [2.24, 2.45) is 5.92 Å². The van der Waals surface area contributed by atoms with Gasteiger partial charge in [-0.15, -0.1) is 11.8 Å². The summed E-state index contributed by atoms with van der Waals surface area (Å²) in [6, 6.07) is 6.53. The van der Waals surface area contributed by atoms with Crippen molar-refractivity contribution < 1.29 is 26.7 Å². The highest BCUT2D eigenvalue weighted by Gasteiger charge is 2.58. The molecule has 140 valence electrons. The minimum absolute atomic E-state index is 0.166. The molecule has 1 aliphatic rings. The van der Waals surface area contributed by atoms with Crippen molar-refractivity contribution >= 4 is 11.8 Å². The molecule has 0 spiro atoms. The summed E-state index contributed by atoms with van der Waals surface area (Å²) >= 11 is 1.68. The maximum atomic E-state index is 12.9. The molecule has 2 aromatic rings. The maximum absolute atomic E-state index is 12.9. The molecule has 0 aliphatic heterocycles. The van der Waals surface area contributed by atoms with E-state index in [4.69, 9.17) is 0 Å². The third-order valence-corrected chi connectivity index (χ3v) is 5.03.